The van der Waals surface area contributed by atoms with Crippen LogP contribution in [-0.2, 0) is 4.79 Å². The maximum atomic E-state index is 11.4. The fraction of sp³-hybridized carbons (Fsp3) is 0.278. The molecule has 0 bridgehead atoms. The van der Waals surface area contributed by atoms with Gasteiger partial charge in [-0.05, 0) is 30.2 Å². The summed E-state index contributed by atoms with van der Waals surface area (Å²) in [6.07, 6.45) is 0.592. The molecule has 1 atom stereocenters. The average Bonchev–Trinajstić information content (AvgIpc) is 3.01. The summed E-state index contributed by atoms with van der Waals surface area (Å²) >= 11 is 0. The summed E-state index contributed by atoms with van der Waals surface area (Å²) in [4.78, 5) is 13.6. The van der Waals surface area contributed by atoms with E-state index in [0.717, 1.165) is 35.5 Å². The molecule has 0 aromatic heterocycles. The molecule has 118 valence electrons. The number of rotatable bonds is 2. The third-order valence-corrected chi connectivity index (χ3v) is 4.34. The first kappa shape index (κ1) is 14.1. The molecule has 0 saturated carbocycles. The molecule has 2 aromatic rings. The van der Waals surface area contributed by atoms with Crippen LogP contribution in [-0.4, -0.2) is 36.8 Å². The highest BCUT2D eigenvalue weighted by atomic mass is 16.5. The van der Waals surface area contributed by atoms with E-state index in [1.54, 1.807) is 0 Å². The van der Waals surface area contributed by atoms with Crippen molar-refractivity contribution in [1.29, 1.82) is 0 Å². The topological polar surface area (TPSA) is 61.8 Å². The van der Waals surface area contributed by atoms with Crippen LogP contribution in [0.4, 0.5) is 11.4 Å². The van der Waals surface area contributed by atoms with Crippen molar-refractivity contribution in [3.8, 4) is 16.9 Å². The number of ether oxygens (including phenoxy) is 1. The van der Waals surface area contributed by atoms with E-state index in [1.807, 2.05) is 18.2 Å². The van der Waals surface area contributed by atoms with Crippen LogP contribution < -0.4 is 15.0 Å². The van der Waals surface area contributed by atoms with Crippen LogP contribution in [0, 0.1) is 0 Å². The summed E-state index contributed by atoms with van der Waals surface area (Å²) in [6, 6.07) is 14.0. The van der Waals surface area contributed by atoms with Crippen molar-refractivity contribution in [2.24, 2.45) is 0 Å². The number of carbonyl (C=O) groups is 1. The van der Waals surface area contributed by atoms with Gasteiger partial charge < -0.3 is 20.1 Å². The summed E-state index contributed by atoms with van der Waals surface area (Å²) in [6.45, 7) is 1.62. The van der Waals surface area contributed by atoms with Crippen LogP contribution in [0.2, 0.25) is 0 Å². The van der Waals surface area contributed by atoms with Crippen LogP contribution in [0.5, 0.6) is 5.75 Å². The predicted octanol–water partition coefficient (Wildman–Crippen LogP) is 2.26. The third kappa shape index (κ3) is 2.64. The lowest BCUT2D eigenvalue weighted by Gasteiger charge is -2.21. The quantitative estimate of drug-likeness (QED) is 0.893. The van der Waals surface area contributed by atoms with Gasteiger partial charge in [-0.25, -0.2) is 0 Å². The highest BCUT2D eigenvalue weighted by Crippen LogP contribution is 2.38. The summed E-state index contributed by atoms with van der Waals surface area (Å²) < 4.78 is 5.61. The van der Waals surface area contributed by atoms with Gasteiger partial charge in [-0.2, -0.15) is 0 Å². The zero-order valence-corrected chi connectivity index (χ0v) is 12.7. The Bertz CT molecular complexity index is 742. The Morgan fingerprint density at radius 1 is 1.17 bits per heavy atom. The van der Waals surface area contributed by atoms with Gasteiger partial charge in [0.25, 0.3) is 5.91 Å². The number of hydrogen-bond acceptors (Lipinski definition) is 4. The Morgan fingerprint density at radius 3 is 2.74 bits per heavy atom. The minimum absolute atomic E-state index is 0.0494. The SMILES string of the molecule is O=C1COc2c(cccc2-c2ccc(N3CCC(O)C3)cc2)N1. The fourth-order valence-corrected chi connectivity index (χ4v) is 3.17. The molecular formula is C18H18N2O3. The minimum Gasteiger partial charge on any atom is -0.481 e. The van der Waals surface area contributed by atoms with E-state index in [-0.39, 0.29) is 18.6 Å². The number of amides is 1. The van der Waals surface area contributed by atoms with Gasteiger partial charge in [0, 0.05) is 24.3 Å². The molecule has 0 radical (unpaired) electrons. The highest BCUT2D eigenvalue weighted by Gasteiger charge is 2.22. The highest BCUT2D eigenvalue weighted by molar-refractivity contribution is 5.97. The number of anilines is 2. The number of nitrogens with zero attached hydrogens (tertiary/aromatic N) is 1. The Balaban J connectivity index is 1.64. The summed E-state index contributed by atoms with van der Waals surface area (Å²) in [5, 5.41) is 12.5. The number of β-amino-alcohol motifs (C(OH)–C–C–N with tert-alkyl or cyclic N) is 1. The molecule has 5 heteroatoms. The number of nitrogens with one attached hydrogen (secondary N) is 1. The molecule has 5 nitrogen and oxygen atoms in total. The van der Waals surface area contributed by atoms with Gasteiger partial charge in [-0.1, -0.05) is 24.3 Å². The zero-order chi connectivity index (χ0) is 15.8. The minimum atomic E-state index is -0.229. The Morgan fingerprint density at radius 2 is 2.00 bits per heavy atom. The van der Waals surface area contributed by atoms with Gasteiger partial charge in [-0.15, -0.1) is 0 Å². The molecule has 0 spiro atoms. The van der Waals surface area contributed by atoms with Crippen molar-refractivity contribution in [3.05, 3.63) is 42.5 Å². The van der Waals surface area contributed by atoms with E-state index in [9.17, 15) is 9.90 Å². The third-order valence-electron chi connectivity index (χ3n) is 4.34. The summed E-state index contributed by atoms with van der Waals surface area (Å²) in [5.74, 6) is 0.592. The Hall–Kier alpha value is -2.53. The van der Waals surface area contributed by atoms with Crippen molar-refractivity contribution in [1.82, 2.24) is 0 Å². The second-order valence-electron chi connectivity index (χ2n) is 5.95. The lowest BCUT2D eigenvalue weighted by molar-refractivity contribution is -0.118. The molecule has 4 rings (SSSR count). The second-order valence-corrected chi connectivity index (χ2v) is 5.95. The van der Waals surface area contributed by atoms with E-state index in [0.29, 0.717) is 12.2 Å². The van der Waals surface area contributed by atoms with Crippen LogP contribution in [0.25, 0.3) is 11.1 Å². The maximum Gasteiger partial charge on any atom is 0.262 e. The average molecular weight is 310 g/mol. The van der Waals surface area contributed by atoms with Gasteiger partial charge in [-0.3, -0.25) is 4.79 Å². The normalized spacial score (nSPS) is 20.0. The molecule has 2 N–H and O–H groups in total. The van der Waals surface area contributed by atoms with Gasteiger partial charge in [0.1, 0.15) is 0 Å². The standard InChI is InChI=1S/C18H18N2O3/c21-14-8-9-20(10-14)13-6-4-12(5-7-13)15-2-1-3-16-18(15)23-11-17(22)19-16/h1-7,14,21H,8-11H2,(H,19,22). The molecular weight excluding hydrogens is 292 g/mol. The first-order valence-corrected chi connectivity index (χ1v) is 7.80. The number of hydrogen-bond donors (Lipinski definition) is 2. The smallest absolute Gasteiger partial charge is 0.262 e. The molecule has 23 heavy (non-hydrogen) atoms. The summed E-state index contributed by atoms with van der Waals surface area (Å²) in [7, 11) is 0. The predicted molar refractivity (Wildman–Crippen MR) is 88.8 cm³/mol. The molecule has 2 aromatic carbocycles. The molecule has 2 heterocycles. The molecule has 2 aliphatic heterocycles. The van der Waals surface area contributed by atoms with Crippen molar-refractivity contribution in [3.63, 3.8) is 0 Å². The summed E-state index contributed by atoms with van der Waals surface area (Å²) in [5.41, 5.74) is 3.84. The first-order chi connectivity index (χ1) is 11.2. The van der Waals surface area contributed by atoms with E-state index in [1.165, 1.54) is 0 Å². The number of aliphatic hydroxyl groups is 1. The number of aliphatic hydroxyl groups excluding tert-OH is 1. The van der Waals surface area contributed by atoms with E-state index < -0.39 is 0 Å². The van der Waals surface area contributed by atoms with E-state index in [2.05, 4.69) is 34.5 Å². The lowest BCUT2D eigenvalue weighted by atomic mass is 10.0. The molecule has 1 saturated heterocycles. The zero-order valence-electron chi connectivity index (χ0n) is 12.7. The van der Waals surface area contributed by atoms with Gasteiger partial charge in [0.2, 0.25) is 0 Å². The molecule has 1 unspecified atom stereocenters. The number of para-hydroxylation sites is 1. The van der Waals surface area contributed by atoms with Crippen molar-refractivity contribution < 1.29 is 14.6 Å². The van der Waals surface area contributed by atoms with Crippen molar-refractivity contribution in [2.75, 3.05) is 29.9 Å². The van der Waals surface area contributed by atoms with Crippen LogP contribution in [0.3, 0.4) is 0 Å². The molecule has 2 aliphatic rings. The van der Waals surface area contributed by atoms with E-state index >= 15 is 0 Å². The Kier molecular flexibility index (Phi) is 3.42. The van der Waals surface area contributed by atoms with Gasteiger partial charge >= 0.3 is 0 Å². The molecule has 1 amide bonds. The number of carbonyl (C=O) groups excluding carboxylic acids is 1. The van der Waals surface area contributed by atoms with Crippen LogP contribution in [0.1, 0.15) is 6.42 Å². The maximum absolute atomic E-state index is 11.4. The van der Waals surface area contributed by atoms with Gasteiger partial charge in [0.05, 0.1) is 11.8 Å². The fourth-order valence-electron chi connectivity index (χ4n) is 3.17. The molecule has 1 fully saturated rings. The number of benzene rings is 2. The van der Waals surface area contributed by atoms with Gasteiger partial charge in [0.15, 0.2) is 12.4 Å². The second kappa shape index (κ2) is 5.59. The number of fused-ring (bicyclic) bond motifs is 1. The Labute approximate surface area is 134 Å². The molecule has 0 aliphatic carbocycles. The lowest BCUT2D eigenvalue weighted by Crippen LogP contribution is -2.25. The largest absolute Gasteiger partial charge is 0.481 e. The van der Waals surface area contributed by atoms with Crippen molar-refractivity contribution in [2.45, 2.75) is 12.5 Å². The van der Waals surface area contributed by atoms with Crippen molar-refractivity contribution >= 4 is 17.3 Å². The monoisotopic (exact) mass is 310 g/mol. The van der Waals surface area contributed by atoms with Crippen LogP contribution in [0.15, 0.2) is 42.5 Å². The first-order valence-electron chi connectivity index (χ1n) is 7.80. The van der Waals surface area contributed by atoms with E-state index in [4.69, 9.17) is 4.74 Å². The van der Waals surface area contributed by atoms with Crippen LogP contribution >= 0.6 is 0 Å².